The lowest BCUT2D eigenvalue weighted by Gasteiger charge is -2.09. The fourth-order valence-corrected chi connectivity index (χ4v) is 3.59. The number of hydrogen-bond donors (Lipinski definition) is 1. The van der Waals surface area contributed by atoms with Crippen LogP contribution in [0.1, 0.15) is 25.3 Å². The molecule has 0 radical (unpaired) electrons. The van der Waals surface area contributed by atoms with E-state index >= 15 is 0 Å². The molecule has 1 aromatic heterocycles. The van der Waals surface area contributed by atoms with Crippen LogP contribution in [-0.2, 0) is 11.2 Å². The molecule has 174 valence electrons. The highest BCUT2D eigenvalue weighted by atomic mass is 16.5. The zero-order valence-corrected chi connectivity index (χ0v) is 19.3. The standard InChI is InChI=1S/C28H27NO5/c1-3-19-6-12-22(13-7-19)33-16-4-5-28(31)29-21-10-8-20(9-11-21)27-18-25(30)24-17-23(32-2)14-15-26(24)34-27/h6-15,17-18H,3-5,16H2,1-2H3,(H,29,31). The van der Waals surface area contributed by atoms with Crippen LogP contribution in [0.25, 0.3) is 22.3 Å². The van der Waals surface area contributed by atoms with Gasteiger partial charge in [-0.3, -0.25) is 9.59 Å². The van der Waals surface area contributed by atoms with Crippen molar-refractivity contribution in [2.45, 2.75) is 26.2 Å². The Morgan fingerprint density at radius 3 is 2.38 bits per heavy atom. The third-order valence-corrected chi connectivity index (χ3v) is 5.54. The average molecular weight is 458 g/mol. The highest BCUT2D eigenvalue weighted by Crippen LogP contribution is 2.25. The Morgan fingerprint density at radius 1 is 0.941 bits per heavy atom. The van der Waals surface area contributed by atoms with E-state index in [9.17, 15) is 9.59 Å². The topological polar surface area (TPSA) is 77.8 Å². The lowest BCUT2D eigenvalue weighted by atomic mass is 10.1. The molecular weight excluding hydrogens is 430 g/mol. The number of fused-ring (bicyclic) bond motifs is 1. The highest BCUT2D eigenvalue weighted by Gasteiger charge is 2.09. The van der Waals surface area contributed by atoms with Crippen molar-refractivity contribution < 1.29 is 18.7 Å². The maximum atomic E-state index is 12.5. The first-order chi connectivity index (χ1) is 16.6. The van der Waals surface area contributed by atoms with E-state index in [1.54, 1.807) is 37.4 Å². The normalized spacial score (nSPS) is 10.8. The molecule has 0 aliphatic heterocycles. The van der Waals surface area contributed by atoms with Crippen molar-refractivity contribution in [1.82, 2.24) is 0 Å². The maximum Gasteiger partial charge on any atom is 0.224 e. The summed E-state index contributed by atoms with van der Waals surface area (Å²) in [6.07, 6.45) is 1.97. The fourth-order valence-electron chi connectivity index (χ4n) is 3.59. The molecule has 0 spiro atoms. The van der Waals surface area contributed by atoms with Crippen LogP contribution >= 0.6 is 0 Å². The Balaban J connectivity index is 1.31. The molecule has 1 amide bonds. The molecule has 0 saturated heterocycles. The van der Waals surface area contributed by atoms with Gasteiger partial charge in [-0.1, -0.05) is 19.1 Å². The summed E-state index contributed by atoms with van der Waals surface area (Å²) in [6.45, 7) is 2.59. The Labute approximate surface area is 198 Å². The zero-order valence-electron chi connectivity index (χ0n) is 19.3. The van der Waals surface area contributed by atoms with Gasteiger partial charge in [0.1, 0.15) is 22.8 Å². The largest absolute Gasteiger partial charge is 0.497 e. The summed E-state index contributed by atoms with van der Waals surface area (Å²) in [7, 11) is 1.55. The third-order valence-electron chi connectivity index (χ3n) is 5.54. The lowest BCUT2D eigenvalue weighted by Crippen LogP contribution is -2.12. The number of methoxy groups -OCH3 is 1. The number of anilines is 1. The molecule has 6 nitrogen and oxygen atoms in total. The zero-order chi connectivity index (χ0) is 23.9. The number of aryl methyl sites for hydroxylation is 1. The predicted molar refractivity (Wildman–Crippen MR) is 134 cm³/mol. The van der Waals surface area contributed by atoms with Crippen LogP contribution in [-0.4, -0.2) is 19.6 Å². The van der Waals surface area contributed by atoms with Crippen molar-refractivity contribution in [3.8, 4) is 22.8 Å². The Kier molecular flexibility index (Phi) is 7.28. The summed E-state index contributed by atoms with van der Waals surface area (Å²) in [5.41, 5.74) is 3.04. The lowest BCUT2D eigenvalue weighted by molar-refractivity contribution is -0.116. The first-order valence-electron chi connectivity index (χ1n) is 11.3. The molecule has 0 aliphatic carbocycles. The molecule has 4 aromatic rings. The van der Waals surface area contributed by atoms with Gasteiger partial charge < -0.3 is 19.2 Å². The van der Waals surface area contributed by atoms with Gasteiger partial charge in [-0.25, -0.2) is 0 Å². The van der Waals surface area contributed by atoms with Crippen LogP contribution < -0.4 is 20.2 Å². The van der Waals surface area contributed by atoms with Crippen LogP contribution in [0.3, 0.4) is 0 Å². The van der Waals surface area contributed by atoms with E-state index in [-0.39, 0.29) is 11.3 Å². The van der Waals surface area contributed by atoms with Crippen molar-refractivity contribution in [3.63, 3.8) is 0 Å². The average Bonchev–Trinajstić information content (AvgIpc) is 2.87. The minimum Gasteiger partial charge on any atom is -0.497 e. The van der Waals surface area contributed by atoms with Crippen molar-refractivity contribution in [3.05, 3.63) is 88.6 Å². The van der Waals surface area contributed by atoms with Gasteiger partial charge >= 0.3 is 0 Å². The molecule has 0 fully saturated rings. The molecule has 6 heteroatoms. The molecule has 0 unspecified atom stereocenters. The highest BCUT2D eigenvalue weighted by molar-refractivity contribution is 5.91. The van der Waals surface area contributed by atoms with Gasteiger partial charge in [0.25, 0.3) is 0 Å². The van der Waals surface area contributed by atoms with E-state index in [1.807, 2.05) is 36.4 Å². The summed E-state index contributed by atoms with van der Waals surface area (Å²) in [6, 6.07) is 21.8. The second-order valence-corrected chi connectivity index (χ2v) is 7.91. The molecule has 0 bridgehead atoms. The second kappa shape index (κ2) is 10.7. The SMILES string of the molecule is CCc1ccc(OCCCC(=O)Nc2ccc(-c3cc(=O)c4cc(OC)ccc4o3)cc2)cc1. The Morgan fingerprint density at radius 2 is 1.68 bits per heavy atom. The van der Waals surface area contributed by atoms with Gasteiger partial charge in [0.2, 0.25) is 5.91 Å². The number of carbonyl (C=O) groups excluding carboxylic acids is 1. The van der Waals surface area contributed by atoms with Crippen LogP contribution in [0.4, 0.5) is 5.69 Å². The fraction of sp³-hybridized carbons (Fsp3) is 0.214. The van der Waals surface area contributed by atoms with Crippen LogP contribution in [0, 0.1) is 0 Å². The van der Waals surface area contributed by atoms with Crippen LogP contribution in [0.15, 0.2) is 82.0 Å². The summed E-state index contributed by atoms with van der Waals surface area (Å²) < 4.78 is 16.8. The van der Waals surface area contributed by atoms with E-state index in [2.05, 4.69) is 12.2 Å². The Hall–Kier alpha value is -4.06. The smallest absolute Gasteiger partial charge is 0.224 e. The summed E-state index contributed by atoms with van der Waals surface area (Å²) >= 11 is 0. The molecule has 0 atom stereocenters. The summed E-state index contributed by atoms with van der Waals surface area (Å²) in [5.74, 6) is 1.80. The van der Waals surface area contributed by atoms with Gasteiger partial charge in [-0.15, -0.1) is 0 Å². The molecule has 0 saturated carbocycles. The van der Waals surface area contributed by atoms with Gasteiger partial charge in [0.15, 0.2) is 5.43 Å². The maximum absolute atomic E-state index is 12.5. The first kappa shape index (κ1) is 23.1. The number of hydrogen-bond acceptors (Lipinski definition) is 5. The van der Waals surface area contributed by atoms with E-state index < -0.39 is 0 Å². The van der Waals surface area contributed by atoms with E-state index in [0.29, 0.717) is 47.6 Å². The minimum atomic E-state index is -0.143. The van der Waals surface area contributed by atoms with Gasteiger partial charge in [0, 0.05) is 23.7 Å². The number of amides is 1. The molecule has 1 N–H and O–H groups in total. The molecule has 4 rings (SSSR count). The van der Waals surface area contributed by atoms with Crippen LogP contribution in [0.2, 0.25) is 0 Å². The van der Waals surface area contributed by atoms with Crippen molar-refractivity contribution in [2.75, 3.05) is 19.0 Å². The first-order valence-corrected chi connectivity index (χ1v) is 11.3. The van der Waals surface area contributed by atoms with Crippen molar-refractivity contribution in [2.24, 2.45) is 0 Å². The van der Waals surface area contributed by atoms with E-state index in [1.165, 1.54) is 11.6 Å². The van der Waals surface area contributed by atoms with E-state index in [4.69, 9.17) is 13.9 Å². The van der Waals surface area contributed by atoms with Crippen molar-refractivity contribution >= 4 is 22.6 Å². The number of carbonyl (C=O) groups is 1. The molecular formula is C28H27NO5. The molecule has 34 heavy (non-hydrogen) atoms. The molecule has 0 aliphatic rings. The summed E-state index contributed by atoms with van der Waals surface area (Å²) in [4.78, 5) is 24.8. The number of ether oxygens (including phenoxy) is 2. The van der Waals surface area contributed by atoms with Gasteiger partial charge in [-0.05, 0) is 73.0 Å². The second-order valence-electron chi connectivity index (χ2n) is 7.91. The monoisotopic (exact) mass is 457 g/mol. The number of rotatable bonds is 9. The summed E-state index contributed by atoms with van der Waals surface area (Å²) in [5, 5.41) is 3.35. The van der Waals surface area contributed by atoms with E-state index in [0.717, 1.165) is 17.7 Å². The minimum absolute atomic E-state index is 0.0798. The number of benzene rings is 3. The quantitative estimate of drug-likeness (QED) is 0.320. The van der Waals surface area contributed by atoms with Crippen molar-refractivity contribution in [1.29, 1.82) is 0 Å². The molecule has 3 aromatic carbocycles. The molecule has 1 heterocycles. The number of nitrogens with one attached hydrogen (secondary N) is 1. The third kappa shape index (κ3) is 5.64. The Bertz CT molecular complexity index is 1320. The predicted octanol–water partition coefficient (Wildman–Crippen LogP) is 5.83. The van der Waals surface area contributed by atoms with Crippen LogP contribution in [0.5, 0.6) is 11.5 Å². The van der Waals surface area contributed by atoms with Gasteiger partial charge in [0.05, 0.1) is 19.1 Å². The van der Waals surface area contributed by atoms with Gasteiger partial charge in [-0.2, -0.15) is 0 Å².